The Balaban J connectivity index is 0.904. The number of fused-ring (bicyclic) bond motifs is 2. The molecule has 30 nitrogen and oxygen atoms in total. The molecule has 2 aliphatic heterocycles. The fourth-order valence-corrected chi connectivity index (χ4v) is 14.4. The average molecular weight is 1360 g/mol. The summed E-state index contributed by atoms with van der Waals surface area (Å²) in [6.07, 6.45) is -4.27. The lowest BCUT2D eigenvalue weighted by atomic mass is 9.87. The number of nitrogens with two attached hydrogens (primary N) is 2. The third-order valence-electron chi connectivity index (χ3n) is 16.5. The summed E-state index contributed by atoms with van der Waals surface area (Å²) in [5.41, 5.74) is 9.47. The van der Waals surface area contributed by atoms with E-state index in [1.165, 1.54) is 59.3 Å². The number of hydrogen-bond donors (Lipinski definition) is 6. The van der Waals surface area contributed by atoms with Crippen molar-refractivity contribution in [2.24, 2.45) is 5.92 Å². The van der Waals surface area contributed by atoms with E-state index in [1.807, 2.05) is 47.6 Å². The highest BCUT2D eigenvalue weighted by molar-refractivity contribution is 7.52. The molecule has 9 rings (SSSR count). The molecule has 2 saturated heterocycles. The summed E-state index contributed by atoms with van der Waals surface area (Å²) in [5, 5.41) is 59.2. The van der Waals surface area contributed by atoms with E-state index >= 15 is 4.57 Å². The van der Waals surface area contributed by atoms with Gasteiger partial charge in [-0.25, -0.2) is 28.1 Å². The fourth-order valence-electron chi connectivity index (χ4n) is 11.4. The number of carbonyl (C=O) groups is 4. The van der Waals surface area contributed by atoms with Gasteiger partial charge in [-0.1, -0.05) is 85.1 Å². The van der Waals surface area contributed by atoms with Gasteiger partial charge >= 0.3 is 39.4 Å². The second-order valence-electron chi connectivity index (χ2n) is 25.7. The first-order chi connectivity index (χ1) is 44.8. The quantitative estimate of drug-likeness (QED) is 0.0199. The molecule has 1 saturated carbocycles. The molecule has 6 heterocycles. The molecule has 0 bridgehead atoms. The Labute approximate surface area is 548 Å². The molecule has 2 unspecified atom stereocenters. The minimum absolute atomic E-state index is 0.00549. The highest BCUT2D eigenvalue weighted by Crippen LogP contribution is 2.51. The van der Waals surface area contributed by atoms with Crippen LogP contribution < -0.4 is 30.7 Å². The lowest BCUT2D eigenvalue weighted by molar-refractivity contribution is -0.166. The minimum Gasteiger partial charge on any atom is -0.464 e. The number of esters is 4. The van der Waals surface area contributed by atoms with Crippen molar-refractivity contribution in [3.63, 3.8) is 0 Å². The summed E-state index contributed by atoms with van der Waals surface area (Å²) in [7, 11) is -9.38. The molecule has 2 aromatic carbocycles. The van der Waals surface area contributed by atoms with Crippen LogP contribution in [-0.2, 0) is 94.2 Å². The minimum atomic E-state index is -4.80. The standard InChI is InChI=1S/C63H80N12O18P2/c1-36(72-95(83,93-44-22-18-42(19-23-44)61(8,9)10)87-32-48-53(88-38(3)76)55(89-39(4)77)63(34-65,91-48)50-27-24-45-56(66)68-35-69-74(45)50)58(80)84-29-28-51-70-57(67)46-25-26-49(75(46)71-51)62(33-64)54(79)52(78)47(90-62)31-86-94(82,92-43-20-16-41(17-21-43)60(5,6)7)73-37(2)59(81)85-30-40-14-12-11-13-15-40/h16-27,35-37,40,47-48,52-55,78-79H,11-15,28-32H2,1-10H3,(H,72,83)(H,73,82)(H2,66,68,69)(H2,67,70,71)/t36-,37-,47+,48+,52+,53+,54+,55+,62-,63-,94?,95?/m0/s1. The van der Waals surface area contributed by atoms with Crippen LogP contribution >= 0.6 is 15.5 Å². The number of rotatable bonds is 25. The number of benzene rings is 2. The van der Waals surface area contributed by atoms with Crippen LogP contribution in [0, 0.1) is 28.6 Å². The maximum absolute atomic E-state index is 15.1. The van der Waals surface area contributed by atoms with Crippen molar-refractivity contribution < 1.29 is 85.0 Å². The van der Waals surface area contributed by atoms with E-state index in [4.69, 9.17) is 58.0 Å². The highest BCUT2D eigenvalue weighted by Gasteiger charge is 2.63. The summed E-state index contributed by atoms with van der Waals surface area (Å²) < 4.78 is 91.3. The Morgan fingerprint density at radius 1 is 0.695 bits per heavy atom. The van der Waals surface area contributed by atoms with Crippen molar-refractivity contribution in [2.75, 3.05) is 37.9 Å². The maximum Gasteiger partial charge on any atom is 0.459 e. The predicted octanol–water partition coefficient (Wildman–Crippen LogP) is 6.62. The Bertz CT molecular complexity index is 3970. The van der Waals surface area contributed by atoms with Crippen LogP contribution in [0.25, 0.3) is 11.0 Å². The Morgan fingerprint density at radius 3 is 1.73 bits per heavy atom. The summed E-state index contributed by atoms with van der Waals surface area (Å²) in [5.74, 6) is -3.25. The number of aromatic nitrogens is 6. The topological polar surface area (TPSA) is 419 Å². The van der Waals surface area contributed by atoms with Crippen LogP contribution in [-0.4, -0.2) is 138 Å². The fraction of sp³-hybridized carbons (Fsp3) is 0.524. The number of aliphatic hydroxyl groups is 2. The number of ether oxygens (including phenoxy) is 6. The first-order valence-corrected chi connectivity index (χ1v) is 34.0. The van der Waals surface area contributed by atoms with E-state index in [9.17, 15) is 44.5 Å². The number of nitrogens with one attached hydrogen (secondary N) is 2. The first kappa shape index (κ1) is 71.2. The molecule has 0 spiro atoms. The molecule has 0 amide bonds. The van der Waals surface area contributed by atoms with Gasteiger partial charge in [-0.3, -0.25) is 28.2 Å². The molecule has 4 aromatic heterocycles. The SMILES string of the molecule is CC(=O)O[C@H]1[C@@H](OC(C)=O)[C@](C#N)(c2ccc3c(N)ncnn23)O[C@@H]1COP(=O)(N[C@@H](C)C(=O)OCCc1nc(N)c2ccc([C@]3(C#N)O[C@H](COP(=O)(N[C@@H](C)C(=O)OCC4CCCCC4)Oc4ccc(C(C)(C)C)cc4)[C@@H](O)[C@H]3O)n2n1)Oc1ccc(C(C)(C)C)cc1. The van der Waals surface area contributed by atoms with Crippen molar-refractivity contribution in [3.05, 3.63) is 107 Å². The smallest absolute Gasteiger partial charge is 0.459 e. The Morgan fingerprint density at radius 2 is 1.20 bits per heavy atom. The number of nitrogen functional groups attached to an aromatic ring is 2. The van der Waals surface area contributed by atoms with E-state index < -0.39 is 119 Å². The van der Waals surface area contributed by atoms with Gasteiger partial charge in [0.25, 0.3) is 0 Å². The van der Waals surface area contributed by atoms with Crippen molar-refractivity contribution in [1.29, 1.82) is 10.5 Å². The molecule has 1 aliphatic carbocycles. The van der Waals surface area contributed by atoms with E-state index in [-0.39, 0.29) is 81.2 Å². The molecular formula is C63H80N12O18P2. The van der Waals surface area contributed by atoms with Crippen molar-refractivity contribution >= 4 is 62.0 Å². The van der Waals surface area contributed by atoms with Crippen LogP contribution in [0.4, 0.5) is 11.6 Å². The van der Waals surface area contributed by atoms with Gasteiger partial charge in [0, 0.05) is 20.3 Å². The molecule has 32 heteroatoms. The van der Waals surface area contributed by atoms with Crippen LogP contribution in [0.1, 0.15) is 130 Å². The van der Waals surface area contributed by atoms with Gasteiger partial charge in [-0.2, -0.15) is 30.9 Å². The van der Waals surface area contributed by atoms with Gasteiger partial charge in [0.15, 0.2) is 29.7 Å². The predicted molar refractivity (Wildman–Crippen MR) is 338 cm³/mol. The van der Waals surface area contributed by atoms with E-state index in [1.54, 1.807) is 36.4 Å². The van der Waals surface area contributed by atoms with Gasteiger partial charge in [-0.15, -0.1) is 0 Å². The normalized spacial score (nSPS) is 24.3. The lowest BCUT2D eigenvalue weighted by Gasteiger charge is -2.28. The van der Waals surface area contributed by atoms with Crippen LogP contribution in [0.15, 0.2) is 79.1 Å². The first-order valence-electron chi connectivity index (χ1n) is 30.9. The Hall–Kier alpha value is -8.12. The number of nitrogens with zero attached hydrogens (tertiary/aromatic N) is 8. The zero-order chi connectivity index (χ0) is 69.0. The van der Waals surface area contributed by atoms with Crippen molar-refractivity contribution in [2.45, 2.75) is 179 Å². The molecule has 3 fully saturated rings. The van der Waals surface area contributed by atoms with Crippen LogP contribution in [0.3, 0.4) is 0 Å². The zero-order valence-electron chi connectivity index (χ0n) is 54.3. The van der Waals surface area contributed by atoms with Crippen molar-refractivity contribution in [3.8, 4) is 23.6 Å². The molecule has 6 aromatic rings. The van der Waals surface area contributed by atoms with Gasteiger partial charge in [0.2, 0.25) is 11.2 Å². The third-order valence-corrected chi connectivity index (χ3v) is 19.8. The van der Waals surface area contributed by atoms with Gasteiger partial charge in [0.1, 0.15) is 77.5 Å². The third kappa shape index (κ3) is 15.9. The maximum atomic E-state index is 15.1. The monoisotopic (exact) mass is 1350 g/mol. The largest absolute Gasteiger partial charge is 0.464 e. The van der Waals surface area contributed by atoms with Crippen LogP contribution in [0.5, 0.6) is 11.5 Å². The van der Waals surface area contributed by atoms with Gasteiger partial charge < -0.3 is 59.1 Å². The molecule has 0 radical (unpaired) electrons. The average Bonchev–Trinajstić information content (AvgIpc) is 1.59. The molecule has 12 atom stereocenters. The molecule has 510 valence electrons. The highest BCUT2D eigenvalue weighted by atomic mass is 31.2. The molecule has 8 N–H and O–H groups in total. The van der Waals surface area contributed by atoms with Crippen LogP contribution in [0.2, 0.25) is 0 Å². The zero-order valence-corrected chi connectivity index (χ0v) is 56.1. The number of nitriles is 2. The second-order valence-corrected chi connectivity index (χ2v) is 29.1. The molecule has 3 aliphatic rings. The van der Waals surface area contributed by atoms with Gasteiger partial charge in [0.05, 0.1) is 37.8 Å². The van der Waals surface area contributed by atoms with E-state index in [0.29, 0.717) is 0 Å². The lowest BCUT2D eigenvalue weighted by Crippen LogP contribution is -2.45. The van der Waals surface area contributed by atoms with E-state index in [0.717, 1.165) is 63.4 Å². The summed E-state index contributed by atoms with van der Waals surface area (Å²) in [6, 6.07) is 20.4. The second kappa shape index (κ2) is 28.7. The number of carbonyl (C=O) groups excluding carboxylic acids is 4. The molecular weight excluding hydrogens is 1270 g/mol. The number of hydrogen-bond acceptors (Lipinski definition) is 26. The molecule has 95 heavy (non-hydrogen) atoms. The summed E-state index contributed by atoms with van der Waals surface area (Å²) >= 11 is 0. The number of anilines is 2. The van der Waals surface area contributed by atoms with Gasteiger partial charge in [-0.05, 0) is 103 Å². The Kier molecular flexibility index (Phi) is 21.5. The summed E-state index contributed by atoms with van der Waals surface area (Å²) in [4.78, 5) is 61.0. The summed E-state index contributed by atoms with van der Waals surface area (Å²) in [6.45, 7) is 15.1. The van der Waals surface area contributed by atoms with Crippen molar-refractivity contribution in [1.82, 2.24) is 39.4 Å². The van der Waals surface area contributed by atoms with E-state index in [2.05, 4.69) is 36.4 Å². The number of aliphatic hydroxyl groups excluding tert-OH is 2.